The summed E-state index contributed by atoms with van der Waals surface area (Å²) < 4.78 is 5.74. The topological polar surface area (TPSA) is 34.1 Å². The number of nitrogens with zero attached hydrogens (tertiary/aromatic N) is 1. The maximum Gasteiger partial charge on any atom is 0.219 e. The molecule has 1 N–H and O–H groups in total. The van der Waals surface area contributed by atoms with Gasteiger partial charge in [-0.2, -0.15) is 0 Å². The van der Waals surface area contributed by atoms with Crippen molar-refractivity contribution in [2.24, 2.45) is 0 Å². The fourth-order valence-electron chi connectivity index (χ4n) is 1.85. The van der Waals surface area contributed by atoms with Gasteiger partial charge in [0.1, 0.15) is 5.75 Å². The van der Waals surface area contributed by atoms with E-state index in [-0.39, 0.29) is 0 Å². The standard InChI is InChI=1S/C16H18Cl2N2O/c1-3-6-19-9-12-8-16(20-10-14(12)18)21-15-5-4-11(2)7-13(15)17/h4-5,7-8,10,19H,3,6,9H2,1-2H3. The van der Waals surface area contributed by atoms with Crippen LogP contribution in [0.1, 0.15) is 24.5 Å². The zero-order valence-electron chi connectivity index (χ0n) is 12.1. The predicted molar refractivity (Wildman–Crippen MR) is 87.5 cm³/mol. The Morgan fingerprint density at radius 3 is 2.71 bits per heavy atom. The molecule has 3 nitrogen and oxygen atoms in total. The van der Waals surface area contributed by atoms with Crippen molar-refractivity contribution < 1.29 is 4.74 Å². The van der Waals surface area contributed by atoms with Gasteiger partial charge >= 0.3 is 0 Å². The third-order valence-electron chi connectivity index (χ3n) is 2.95. The zero-order valence-corrected chi connectivity index (χ0v) is 13.6. The first kappa shape index (κ1) is 16.1. The van der Waals surface area contributed by atoms with Gasteiger partial charge in [-0.3, -0.25) is 0 Å². The minimum absolute atomic E-state index is 0.485. The molecule has 0 aliphatic carbocycles. The number of benzene rings is 1. The van der Waals surface area contributed by atoms with Crippen LogP contribution in [0.25, 0.3) is 0 Å². The average molecular weight is 325 g/mol. The molecule has 2 aromatic rings. The molecule has 0 spiro atoms. The fraction of sp³-hybridized carbons (Fsp3) is 0.312. The summed E-state index contributed by atoms with van der Waals surface area (Å²) in [6, 6.07) is 7.47. The average Bonchev–Trinajstić information content (AvgIpc) is 2.45. The normalized spacial score (nSPS) is 10.7. The largest absolute Gasteiger partial charge is 0.437 e. The molecule has 0 atom stereocenters. The van der Waals surface area contributed by atoms with Gasteiger partial charge in [-0.05, 0) is 43.1 Å². The molecular weight excluding hydrogens is 307 g/mol. The van der Waals surface area contributed by atoms with Gasteiger partial charge in [-0.15, -0.1) is 0 Å². The minimum atomic E-state index is 0.485. The molecule has 112 valence electrons. The van der Waals surface area contributed by atoms with Crippen LogP contribution in [0.15, 0.2) is 30.5 Å². The SMILES string of the molecule is CCCNCc1cc(Oc2ccc(C)cc2Cl)ncc1Cl. The third-order valence-corrected chi connectivity index (χ3v) is 3.59. The number of aryl methyl sites for hydroxylation is 1. The van der Waals surface area contributed by atoms with Crippen molar-refractivity contribution in [3.8, 4) is 11.6 Å². The highest BCUT2D eigenvalue weighted by Gasteiger charge is 2.07. The Labute approximate surface area is 135 Å². The van der Waals surface area contributed by atoms with E-state index in [9.17, 15) is 0 Å². The number of pyridine rings is 1. The molecule has 0 aliphatic rings. The second-order valence-corrected chi connectivity index (χ2v) is 5.64. The zero-order chi connectivity index (χ0) is 15.2. The molecule has 0 unspecified atom stereocenters. The van der Waals surface area contributed by atoms with E-state index in [1.165, 1.54) is 0 Å². The van der Waals surface area contributed by atoms with Gasteiger partial charge in [-0.1, -0.05) is 36.2 Å². The number of halogens is 2. The van der Waals surface area contributed by atoms with Crippen LogP contribution in [0.2, 0.25) is 10.0 Å². The molecule has 0 fully saturated rings. The van der Waals surface area contributed by atoms with Gasteiger partial charge in [-0.25, -0.2) is 4.98 Å². The molecule has 0 saturated heterocycles. The Hall–Kier alpha value is -1.29. The number of nitrogens with one attached hydrogen (secondary N) is 1. The fourth-order valence-corrected chi connectivity index (χ4v) is 2.29. The van der Waals surface area contributed by atoms with Gasteiger partial charge in [0, 0.05) is 18.8 Å². The lowest BCUT2D eigenvalue weighted by molar-refractivity contribution is 0.462. The van der Waals surface area contributed by atoms with Crippen LogP contribution in [0.5, 0.6) is 11.6 Å². The van der Waals surface area contributed by atoms with Crippen LogP contribution in [0.4, 0.5) is 0 Å². The maximum absolute atomic E-state index is 6.16. The van der Waals surface area contributed by atoms with Crippen LogP contribution < -0.4 is 10.1 Å². The van der Waals surface area contributed by atoms with Gasteiger partial charge < -0.3 is 10.1 Å². The minimum Gasteiger partial charge on any atom is -0.437 e. The summed E-state index contributed by atoms with van der Waals surface area (Å²) in [5.74, 6) is 1.07. The Bertz CT molecular complexity index is 617. The lowest BCUT2D eigenvalue weighted by Crippen LogP contribution is -2.14. The van der Waals surface area contributed by atoms with Crippen molar-refractivity contribution in [1.29, 1.82) is 0 Å². The molecule has 21 heavy (non-hydrogen) atoms. The summed E-state index contributed by atoms with van der Waals surface area (Å²) in [4.78, 5) is 4.19. The van der Waals surface area contributed by atoms with Crippen molar-refractivity contribution in [3.63, 3.8) is 0 Å². The van der Waals surface area contributed by atoms with E-state index in [1.54, 1.807) is 6.20 Å². The second kappa shape index (κ2) is 7.64. The van der Waals surface area contributed by atoms with E-state index in [1.807, 2.05) is 31.2 Å². The first-order chi connectivity index (χ1) is 10.1. The maximum atomic E-state index is 6.16. The van der Waals surface area contributed by atoms with Gasteiger partial charge in [0.25, 0.3) is 0 Å². The first-order valence-electron chi connectivity index (χ1n) is 6.89. The number of rotatable bonds is 6. The number of aromatic nitrogens is 1. The molecule has 0 saturated carbocycles. The van der Waals surface area contributed by atoms with Crippen molar-refractivity contribution >= 4 is 23.2 Å². The summed E-state index contributed by atoms with van der Waals surface area (Å²) in [7, 11) is 0. The summed E-state index contributed by atoms with van der Waals surface area (Å²) >= 11 is 12.3. The number of ether oxygens (including phenoxy) is 1. The van der Waals surface area contributed by atoms with Crippen molar-refractivity contribution in [1.82, 2.24) is 10.3 Å². The van der Waals surface area contributed by atoms with Gasteiger partial charge in [0.15, 0.2) is 0 Å². The van der Waals surface area contributed by atoms with Crippen LogP contribution in [0.3, 0.4) is 0 Å². The first-order valence-corrected chi connectivity index (χ1v) is 7.65. The Kier molecular flexibility index (Phi) is 5.85. The van der Waals surface area contributed by atoms with Crippen LogP contribution >= 0.6 is 23.2 Å². The predicted octanol–water partition coefficient (Wildman–Crippen LogP) is 4.99. The number of hydrogen-bond acceptors (Lipinski definition) is 3. The van der Waals surface area contributed by atoms with E-state index < -0.39 is 0 Å². The van der Waals surface area contributed by atoms with Crippen LogP contribution in [0, 0.1) is 6.92 Å². The van der Waals surface area contributed by atoms with Crippen molar-refractivity contribution in [2.45, 2.75) is 26.8 Å². The smallest absolute Gasteiger partial charge is 0.219 e. The van der Waals surface area contributed by atoms with Gasteiger partial charge in [0.2, 0.25) is 5.88 Å². The highest BCUT2D eigenvalue weighted by Crippen LogP contribution is 2.30. The quantitative estimate of drug-likeness (QED) is 0.760. The van der Waals surface area contributed by atoms with E-state index in [2.05, 4.69) is 17.2 Å². The van der Waals surface area contributed by atoms with E-state index in [0.29, 0.717) is 28.2 Å². The summed E-state index contributed by atoms with van der Waals surface area (Å²) in [5.41, 5.74) is 2.04. The molecule has 0 amide bonds. The molecule has 2 rings (SSSR count). The molecule has 0 radical (unpaired) electrons. The molecule has 0 aliphatic heterocycles. The van der Waals surface area contributed by atoms with Gasteiger partial charge in [0.05, 0.1) is 10.0 Å². The summed E-state index contributed by atoms with van der Waals surface area (Å²) in [6.07, 6.45) is 2.67. The third kappa shape index (κ3) is 4.60. The molecule has 0 bridgehead atoms. The molecular formula is C16H18Cl2N2O. The Morgan fingerprint density at radius 2 is 2.00 bits per heavy atom. The van der Waals surface area contributed by atoms with Crippen molar-refractivity contribution in [3.05, 3.63) is 51.6 Å². The summed E-state index contributed by atoms with van der Waals surface area (Å²) in [5, 5.41) is 4.50. The van der Waals surface area contributed by atoms with E-state index >= 15 is 0 Å². The van der Waals surface area contributed by atoms with E-state index in [0.717, 1.165) is 24.1 Å². The molecule has 1 heterocycles. The Morgan fingerprint density at radius 1 is 1.19 bits per heavy atom. The second-order valence-electron chi connectivity index (χ2n) is 4.83. The monoisotopic (exact) mass is 324 g/mol. The molecule has 1 aromatic heterocycles. The Balaban J connectivity index is 2.14. The summed E-state index contributed by atoms with van der Waals surface area (Å²) in [6.45, 7) is 5.73. The highest BCUT2D eigenvalue weighted by atomic mass is 35.5. The highest BCUT2D eigenvalue weighted by molar-refractivity contribution is 6.32. The van der Waals surface area contributed by atoms with Crippen molar-refractivity contribution in [2.75, 3.05) is 6.54 Å². The lowest BCUT2D eigenvalue weighted by Gasteiger charge is -2.10. The van der Waals surface area contributed by atoms with Crippen LogP contribution in [-0.2, 0) is 6.54 Å². The molecule has 5 heteroatoms. The number of hydrogen-bond donors (Lipinski definition) is 1. The lowest BCUT2D eigenvalue weighted by atomic mass is 10.2. The van der Waals surface area contributed by atoms with E-state index in [4.69, 9.17) is 27.9 Å². The molecule has 1 aromatic carbocycles. The van der Waals surface area contributed by atoms with Crippen LogP contribution in [-0.4, -0.2) is 11.5 Å².